The van der Waals surface area contributed by atoms with Gasteiger partial charge < -0.3 is 4.74 Å². The van der Waals surface area contributed by atoms with E-state index in [1.165, 1.54) is 12.0 Å². The van der Waals surface area contributed by atoms with Crippen molar-refractivity contribution in [3.8, 4) is 5.75 Å². The molecule has 0 amide bonds. The standard InChI is InChI=1S/C14H18Br2O/c1-4-17-12-6-5-9(7-11(12)15)13(16)10-8-14(10,2)3/h5-7,10,13H,4,8H2,1-3H3. The lowest BCUT2D eigenvalue weighted by molar-refractivity contribution is 0.338. The highest BCUT2D eigenvalue weighted by atomic mass is 79.9. The van der Waals surface area contributed by atoms with E-state index in [0.29, 0.717) is 16.8 Å². The molecule has 0 heterocycles. The van der Waals surface area contributed by atoms with Crippen LogP contribution in [0.5, 0.6) is 5.75 Å². The fraction of sp³-hybridized carbons (Fsp3) is 0.571. The first kappa shape index (κ1) is 13.4. The number of hydrogen-bond donors (Lipinski definition) is 0. The van der Waals surface area contributed by atoms with Gasteiger partial charge in [0.25, 0.3) is 0 Å². The van der Waals surface area contributed by atoms with Crippen LogP contribution in [0.1, 0.15) is 37.6 Å². The fourth-order valence-corrected chi connectivity index (χ4v) is 3.90. The van der Waals surface area contributed by atoms with E-state index in [9.17, 15) is 0 Å². The smallest absolute Gasteiger partial charge is 0.133 e. The number of benzene rings is 1. The van der Waals surface area contributed by atoms with Crippen molar-refractivity contribution < 1.29 is 4.74 Å². The molecule has 94 valence electrons. The number of halogens is 2. The van der Waals surface area contributed by atoms with Gasteiger partial charge in [0.05, 0.1) is 11.1 Å². The first-order chi connectivity index (χ1) is 7.95. The zero-order chi connectivity index (χ0) is 12.6. The molecule has 0 aromatic heterocycles. The third-order valence-corrected chi connectivity index (χ3v) is 5.30. The van der Waals surface area contributed by atoms with Gasteiger partial charge in [-0.1, -0.05) is 35.8 Å². The van der Waals surface area contributed by atoms with Gasteiger partial charge in [-0.25, -0.2) is 0 Å². The SMILES string of the molecule is CCOc1ccc(C(Br)C2CC2(C)C)cc1Br. The van der Waals surface area contributed by atoms with Crippen LogP contribution in [0.15, 0.2) is 22.7 Å². The summed E-state index contributed by atoms with van der Waals surface area (Å²) in [5, 5.41) is 0. The molecule has 2 atom stereocenters. The van der Waals surface area contributed by atoms with E-state index in [2.05, 4.69) is 57.8 Å². The molecule has 0 aliphatic heterocycles. The lowest BCUT2D eigenvalue weighted by Crippen LogP contribution is -2.00. The van der Waals surface area contributed by atoms with Crippen LogP contribution in [0.2, 0.25) is 0 Å². The summed E-state index contributed by atoms with van der Waals surface area (Å²) in [7, 11) is 0. The molecule has 0 saturated heterocycles. The Morgan fingerprint density at radius 2 is 2.12 bits per heavy atom. The molecule has 3 heteroatoms. The average Bonchev–Trinajstić information content (AvgIpc) is 2.90. The Kier molecular flexibility index (Phi) is 3.89. The molecule has 0 radical (unpaired) electrons. The van der Waals surface area contributed by atoms with Crippen LogP contribution in [0.4, 0.5) is 0 Å². The maximum atomic E-state index is 5.53. The predicted octanol–water partition coefficient (Wildman–Crippen LogP) is 5.33. The van der Waals surface area contributed by atoms with E-state index in [1.807, 2.05) is 13.0 Å². The van der Waals surface area contributed by atoms with Crippen LogP contribution in [0.3, 0.4) is 0 Å². The molecule has 17 heavy (non-hydrogen) atoms. The highest BCUT2D eigenvalue weighted by Crippen LogP contribution is 2.60. The van der Waals surface area contributed by atoms with Gasteiger partial charge >= 0.3 is 0 Å². The van der Waals surface area contributed by atoms with Gasteiger partial charge in [0, 0.05) is 4.83 Å². The summed E-state index contributed by atoms with van der Waals surface area (Å²) >= 11 is 7.39. The zero-order valence-electron chi connectivity index (χ0n) is 10.5. The van der Waals surface area contributed by atoms with E-state index < -0.39 is 0 Å². The van der Waals surface area contributed by atoms with Crippen molar-refractivity contribution in [1.82, 2.24) is 0 Å². The highest BCUT2D eigenvalue weighted by molar-refractivity contribution is 9.10. The van der Waals surface area contributed by atoms with Crippen molar-refractivity contribution in [3.63, 3.8) is 0 Å². The van der Waals surface area contributed by atoms with Crippen molar-refractivity contribution in [1.29, 1.82) is 0 Å². The Labute approximate surface area is 120 Å². The van der Waals surface area contributed by atoms with Crippen molar-refractivity contribution >= 4 is 31.9 Å². The topological polar surface area (TPSA) is 9.23 Å². The largest absolute Gasteiger partial charge is 0.493 e. The molecule has 1 aromatic rings. The van der Waals surface area contributed by atoms with Crippen LogP contribution in [0, 0.1) is 11.3 Å². The third-order valence-electron chi connectivity index (χ3n) is 3.52. The van der Waals surface area contributed by atoms with E-state index in [-0.39, 0.29) is 0 Å². The second kappa shape index (κ2) is 4.93. The lowest BCUT2D eigenvalue weighted by atomic mass is 10.0. The van der Waals surface area contributed by atoms with Crippen molar-refractivity contribution in [2.75, 3.05) is 6.61 Å². The molecule has 1 aromatic carbocycles. The Hall–Kier alpha value is -0.0200. The Balaban J connectivity index is 2.15. The van der Waals surface area contributed by atoms with E-state index in [0.717, 1.165) is 16.1 Å². The molecule has 1 nitrogen and oxygen atoms in total. The van der Waals surface area contributed by atoms with Crippen LogP contribution in [-0.2, 0) is 0 Å². The summed E-state index contributed by atoms with van der Waals surface area (Å²) in [6, 6.07) is 6.37. The number of ether oxygens (including phenoxy) is 1. The number of alkyl halides is 1. The second-order valence-corrected chi connectivity index (χ2v) is 7.16. The first-order valence-corrected chi connectivity index (χ1v) is 7.73. The average molecular weight is 362 g/mol. The quantitative estimate of drug-likeness (QED) is 0.658. The normalized spacial score (nSPS) is 23.2. The van der Waals surface area contributed by atoms with Gasteiger partial charge in [0.1, 0.15) is 5.75 Å². The molecule has 1 saturated carbocycles. The molecule has 1 aliphatic carbocycles. The van der Waals surface area contributed by atoms with Gasteiger partial charge in [0.2, 0.25) is 0 Å². The van der Waals surface area contributed by atoms with Crippen molar-refractivity contribution in [2.24, 2.45) is 11.3 Å². The van der Waals surface area contributed by atoms with Gasteiger partial charge in [-0.3, -0.25) is 0 Å². The molecule has 0 spiro atoms. The molecule has 0 N–H and O–H groups in total. The second-order valence-electron chi connectivity index (χ2n) is 5.32. The zero-order valence-corrected chi connectivity index (χ0v) is 13.6. The lowest BCUT2D eigenvalue weighted by Gasteiger charge is -2.14. The molecular formula is C14H18Br2O. The molecule has 1 fully saturated rings. The summed E-state index contributed by atoms with van der Waals surface area (Å²) < 4.78 is 6.57. The Bertz CT molecular complexity index is 415. The molecule has 2 rings (SSSR count). The van der Waals surface area contributed by atoms with Gasteiger partial charge in [-0.2, -0.15) is 0 Å². The van der Waals surface area contributed by atoms with Crippen LogP contribution in [0.25, 0.3) is 0 Å². The van der Waals surface area contributed by atoms with E-state index in [1.54, 1.807) is 0 Å². The molecule has 1 aliphatic rings. The van der Waals surface area contributed by atoms with E-state index >= 15 is 0 Å². The molecule has 0 bridgehead atoms. The van der Waals surface area contributed by atoms with Crippen molar-refractivity contribution in [3.05, 3.63) is 28.2 Å². The van der Waals surface area contributed by atoms with Crippen LogP contribution >= 0.6 is 31.9 Å². The van der Waals surface area contributed by atoms with E-state index in [4.69, 9.17) is 4.74 Å². The van der Waals surface area contributed by atoms with Gasteiger partial charge in [-0.05, 0) is 58.3 Å². The fourth-order valence-electron chi connectivity index (χ4n) is 2.20. The Morgan fingerprint density at radius 1 is 1.47 bits per heavy atom. The maximum absolute atomic E-state index is 5.53. The predicted molar refractivity (Wildman–Crippen MR) is 78.9 cm³/mol. The highest BCUT2D eigenvalue weighted by Gasteiger charge is 2.49. The summed E-state index contributed by atoms with van der Waals surface area (Å²) in [6.45, 7) is 7.36. The first-order valence-electron chi connectivity index (χ1n) is 6.02. The number of rotatable bonds is 4. The third kappa shape index (κ3) is 2.87. The Morgan fingerprint density at radius 3 is 2.59 bits per heavy atom. The molecule has 2 unspecified atom stereocenters. The maximum Gasteiger partial charge on any atom is 0.133 e. The monoisotopic (exact) mass is 360 g/mol. The van der Waals surface area contributed by atoms with Crippen LogP contribution < -0.4 is 4.74 Å². The summed E-state index contributed by atoms with van der Waals surface area (Å²) in [6.07, 6.45) is 1.30. The molecular weight excluding hydrogens is 344 g/mol. The minimum Gasteiger partial charge on any atom is -0.493 e. The minimum absolute atomic E-state index is 0.449. The summed E-state index contributed by atoms with van der Waals surface area (Å²) in [5.41, 5.74) is 1.81. The van der Waals surface area contributed by atoms with Crippen LogP contribution in [-0.4, -0.2) is 6.61 Å². The summed E-state index contributed by atoms with van der Waals surface area (Å²) in [5.74, 6) is 1.67. The summed E-state index contributed by atoms with van der Waals surface area (Å²) in [4.78, 5) is 0.449. The van der Waals surface area contributed by atoms with Gasteiger partial charge in [0.15, 0.2) is 0 Å². The van der Waals surface area contributed by atoms with Gasteiger partial charge in [-0.15, -0.1) is 0 Å². The van der Waals surface area contributed by atoms with Crippen molar-refractivity contribution in [2.45, 2.75) is 32.0 Å². The number of hydrogen-bond acceptors (Lipinski definition) is 1. The minimum atomic E-state index is 0.449.